The van der Waals surface area contributed by atoms with Crippen molar-refractivity contribution in [3.05, 3.63) is 65.0 Å². The maximum Gasteiger partial charge on any atom is 0.223 e. The van der Waals surface area contributed by atoms with Gasteiger partial charge in [-0.25, -0.2) is 4.39 Å². The number of amides is 1. The van der Waals surface area contributed by atoms with Crippen molar-refractivity contribution in [1.82, 2.24) is 5.32 Å². The van der Waals surface area contributed by atoms with Crippen molar-refractivity contribution in [3.63, 3.8) is 0 Å². The van der Waals surface area contributed by atoms with Gasteiger partial charge in [-0.2, -0.15) is 0 Å². The van der Waals surface area contributed by atoms with Crippen molar-refractivity contribution in [2.45, 2.75) is 26.8 Å². The minimum Gasteiger partial charge on any atom is -0.490 e. The molecular weight excluding hydrogens is 281 g/mol. The van der Waals surface area contributed by atoms with Crippen LogP contribution in [0.25, 0.3) is 0 Å². The highest BCUT2D eigenvalue weighted by Crippen LogP contribution is 2.15. The van der Waals surface area contributed by atoms with Gasteiger partial charge in [0.15, 0.2) is 11.6 Å². The van der Waals surface area contributed by atoms with Gasteiger partial charge in [0.2, 0.25) is 5.91 Å². The van der Waals surface area contributed by atoms with Gasteiger partial charge >= 0.3 is 0 Å². The first kappa shape index (κ1) is 16.0. The number of hydrogen-bond donors (Lipinski definition) is 1. The number of rotatable bonds is 6. The molecule has 22 heavy (non-hydrogen) atoms. The molecule has 2 rings (SSSR count). The number of ether oxygens (including phenoxy) is 1. The van der Waals surface area contributed by atoms with Gasteiger partial charge in [0.05, 0.1) is 13.0 Å². The number of para-hydroxylation sites is 1. The molecule has 0 bridgehead atoms. The molecular formula is C18H20FNO2. The number of nitrogens with one attached hydrogen (secondary N) is 1. The molecule has 0 unspecified atom stereocenters. The van der Waals surface area contributed by atoms with E-state index in [-0.39, 0.29) is 24.7 Å². The Bertz CT molecular complexity index is 655. The van der Waals surface area contributed by atoms with Gasteiger partial charge in [0.1, 0.15) is 0 Å². The quantitative estimate of drug-likeness (QED) is 0.886. The van der Waals surface area contributed by atoms with E-state index in [0.717, 1.165) is 11.1 Å². The van der Waals surface area contributed by atoms with Gasteiger partial charge in [0.25, 0.3) is 0 Å². The SMILES string of the molecule is Cc1ccc(CNC(=O)CCOc2ccccc2F)c(C)c1. The number of carbonyl (C=O) groups is 1. The van der Waals surface area contributed by atoms with Gasteiger partial charge in [-0.15, -0.1) is 0 Å². The van der Waals surface area contributed by atoms with E-state index in [1.165, 1.54) is 11.6 Å². The van der Waals surface area contributed by atoms with Gasteiger partial charge in [-0.1, -0.05) is 35.9 Å². The molecule has 0 saturated heterocycles. The van der Waals surface area contributed by atoms with Gasteiger partial charge < -0.3 is 10.1 Å². The topological polar surface area (TPSA) is 38.3 Å². The van der Waals surface area contributed by atoms with Crippen LogP contribution in [0.3, 0.4) is 0 Å². The van der Waals surface area contributed by atoms with Gasteiger partial charge in [0, 0.05) is 6.54 Å². The summed E-state index contributed by atoms with van der Waals surface area (Å²) < 4.78 is 18.6. The lowest BCUT2D eigenvalue weighted by Crippen LogP contribution is -2.24. The minimum atomic E-state index is -0.418. The summed E-state index contributed by atoms with van der Waals surface area (Å²) in [6.45, 7) is 4.70. The molecule has 0 spiro atoms. The van der Waals surface area contributed by atoms with E-state index >= 15 is 0 Å². The lowest BCUT2D eigenvalue weighted by atomic mass is 10.1. The Morgan fingerprint density at radius 1 is 1.18 bits per heavy atom. The van der Waals surface area contributed by atoms with Gasteiger partial charge in [-0.05, 0) is 37.1 Å². The van der Waals surface area contributed by atoms with Crippen LogP contribution in [0.4, 0.5) is 4.39 Å². The summed E-state index contributed by atoms with van der Waals surface area (Å²) in [6.07, 6.45) is 0.194. The fraction of sp³-hybridized carbons (Fsp3) is 0.278. The van der Waals surface area contributed by atoms with Crippen molar-refractivity contribution in [2.75, 3.05) is 6.61 Å². The third-order valence-electron chi connectivity index (χ3n) is 3.40. The molecule has 0 aliphatic rings. The molecule has 0 aliphatic carbocycles. The van der Waals surface area contributed by atoms with E-state index in [0.29, 0.717) is 6.54 Å². The highest BCUT2D eigenvalue weighted by molar-refractivity contribution is 5.76. The van der Waals surface area contributed by atoms with Crippen LogP contribution in [-0.2, 0) is 11.3 Å². The number of halogens is 1. The molecule has 0 heterocycles. The maximum absolute atomic E-state index is 13.3. The van der Waals surface area contributed by atoms with Crippen LogP contribution in [-0.4, -0.2) is 12.5 Å². The second-order valence-corrected chi connectivity index (χ2v) is 5.24. The third-order valence-corrected chi connectivity index (χ3v) is 3.40. The molecule has 0 aromatic heterocycles. The smallest absolute Gasteiger partial charge is 0.223 e. The fourth-order valence-corrected chi connectivity index (χ4v) is 2.14. The van der Waals surface area contributed by atoms with Crippen molar-refractivity contribution in [2.24, 2.45) is 0 Å². The van der Waals surface area contributed by atoms with E-state index < -0.39 is 5.82 Å². The summed E-state index contributed by atoms with van der Waals surface area (Å²) in [6, 6.07) is 12.3. The Balaban J connectivity index is 1.75. The van der Waals surface area contributed by atoms with Crippen LogP contribution in [0.2, 0.25) is 0 Å². The molecule has 3 nitrogen and oxygen atoms in total. The van der Waals surface area contributed by atoms with E-state index in [1.54, 1.807) is 18.2 Å². The normalized spacial score (nSPS) is 10.3. The van der Waals surface area contributed by atoms with E-state index in [9.17, 15) is 9.18 Å². The average Bonchev–Trinajstić information content (AvgIpc) is 2.48. The van der Waals surface area contributed by atoms with E-state index in [2.05, 4.69) is 11.4 Å². The average molecular weight is 301 g/mol. The molecule has 2 aromatic carbocycles. The number of hydrogen-bond acceptors (Lipinski definition) is 2. The lowest BCUT2D eigenvalue weighted by Gasteiger charge is -2.10. The van der Waals surface area contributed by atoms with Crippen molar-refractivity contribution in [1.29, 1.82) is 0 Å². The second-order valence-electron chi connectivity index (χ2n) is 5.24. The summed E-state index contributed by atoms with van der Waals surface area (Å²) >= 11 is 0. The van der Waals surface area contributed by atoms with Crippen molar-refractivity contribution >= 4 is 5.91 Å². The number of carbonyl (C=O) groups excluding carboxylic acids is 1. The molecule has 1 amide bonds. The van der Waals surface area contributed by atoms with Crippen LogP contribution < -0.4 is 10.1 Å². The molecule has 0 radical (unpaired) electrons. The molecule has 116 valence electrons. The summed E-state index contributed by atoms with van der Waals surface area (Å²) in [5, 5.41) is 2.85. The summed E-state index contributed by atoms with van der Waals surface area (Å²) in [5.74, 6) is -0.362. The minimum absolute atomic E-state index is 0.115. The maximum atomic E-state index is 13.3. The number of benzene rings is 2. The number of aryl methyl sites for hydroxylation is 2. The molecule has 0 aliphatic heterocycles. The first-order chi connectivity index (χ1) is 10.6. The molecule has 0 atom stereocenters. The van der Waals surface area contributed by atoms with Gasteiger partial charge in [-0.3, -0.25) is 4.79 Å². The first-order valence-corrected chi connectivity index (χ1v) is 7.26. The van der Waals surface area contributed by atoms with Crippen LogP contribution in [0.15, 0.2) is 42.5 Å². The monoisotopic (exact) mass is 301 g/mol. The Hall–Kier alpha value is -2.36. The highest BCUT2D eigenvalue weighted by Gasteiger charge is 2.06. The zero-order valence-electron chi connectivity index (χ0n) is 12.9. The third kappa shape index (κ3) is 4.58. The largest absolute Gasteiger partial charge is 0.490 e. The zero-order chi connectivity index (χ0) is 15.9. The molecule has 4 heteroatoms. The van der Waals surface area contributed by atoms with Crippen LogP contribution >= 0.6 is 0 Å². The Labute approximate surface area is 130 Å². The summed E-state index contributed by atoms with van der Waals surface area (Å²) in [7, 11) is 0. The fourth-order valence-electron chi connectivity index (χ4n) is 2.14. The van der Waals surface area contributed by atoms with Crippen LogP contribution in [0.5, 0.6) is 5.75 Å². The van der Waals surface area contributed by atoms with Crippen LogP contribution in [0, 0.1) is 19.7 Å². The second kappa shape index (κ2) is 7.59. The van der Waals surface area contributed by atoms with E-state index in [4.69, 9.17) is 4.74 Å². The molecule has 0 fully saturated rings. The predicted molar refractivity (Wildman–Crippen MR) is 84.3 cm³/mol. The standard InChI is InChI=1S/C18H20FNO2/c1-13-7-8-15(14(2)11-13)12-20-18(21)9-10-22-17-6-4-3-5-16(17)19/h3-8,11H,9-10,12H2,1-2H3,(H,20,21). The first-order valence-electron chi connectivity index (χ1n) is 7.26. The summed E-state index contributed by atoms with van der Waals surface area (Å²) in [4.78, 5) is 11.8. The van der Waals surface area contributed by atoms with E-state index in [1.807, 2.05) is 26.0 Å². The highest BCUT2D eigenvalue weighted by atomic mass is 19.1. The lowest BCUT2D eigenvalue weighted by molar-refractivity contribution is -0.121. The van der Waals surface area contributed by atoms with Crippen molar-refractivity contribution in [3.8, 4) is 5.75 Å². The zero-order valence-corrected chi connectivity index (χ0v) is 12.9. The Morgan fingerprint density at radius 2 is 1.95 bits per heavy atom. The molecule has 2 aromatic rings. The predicted octanol–water partition coefficient (Wildman–Crippen LogP) is 3.53. The molecule has 1 N–H and O–H groups in total. The Morgan fingerprint density at radius 3 is 2.68 bits per heavy atom. The molecule has 0 saturated carbocycles. The Kier molecular flexibility index (Phi) is 5.53. The summed E-state index contributed by atoms with van der Waals surface area (Å²) in [5.41, 5.74) is 3.45. The van der Waals surface area contributed by atoms with Crippen molar-refractivity contribution < 1.29 is 13.9 Å². The van der Waals surface area contributed by atoms with Crippen LogP contribution in [0.1, 0.15) is 23.1 Å².